The molecule has 90 valence electrons. The Morgan fingerprint density at radius 3 is 2.73 bits per heavy atom. The zero-order valence-electron chi connectivity index (χ0n) is 10.5. The molecule has 0 aromatic rings. The molecular weight excluding hydrogens is 190 g/mol. The Morgan fingerprint density at radius 1 is 1.47 bits per heavy atom. The first-order valence-electron chi connectivity index (χ1n) is 5.94. The van der Waals surface area contributed by atoms with Crippen LogP contribution in [0.4, 0.5) is 0 Å². The second kappa shape index (κ2) is 5.83. The summed E-state index contributed by atoms with van der Waals surface area (Å²) in [5, 5.41) is 3.49. The van der Waals surface area contributed by atoms with Gasteiger partial charge in [-0.15, -0.1) is 0 Å². The lowest BCUT2D eigenvalue weighted by Gasteiger charge is -2.22. The minimum absolute atomic E-state index is 0.0264. The molecule has 0 amide bonds. The zero-order valence-corrected chi connectivity index (χ0v) is 10.5. The SMILES string of the molecule is CC(NCCOC(C)(C)C)C1CCOC1. The van der Waals surface area contributed by atoms with Crippen LogP contribution >= 0.6 is 0 Å². The third-order valence-corrected chi connectivity index (χ3v) is 2.78. The molecule has 0 saturated carbocycles. The van der Waals surface area contributed by atoms with E-state index >= 15 is 0 Å². The average Bonchev–Trinajstić information content (AvgIpc) is 2.63. The van der Waals surface area contributed by atoms with Crippen LogP contribution in [0.25, 0.3) is 0 Å². The van der Waals surface area contributed by atoms with Crippen molar-refractivity contribution < 1.29 is 9.47 Å². The van der Waals surface area contributed by atoms with Crippen molar-refractivity contribution in [1.29, 1.82) is 0 Å². The van der Waals surface area contributed by atoms with Crippen LogP contribution in [-0.4, -0.2) is 38.0 Å². The molecule has 1 N–H and O–H groups in total. The maximum absolute atomic E-state index is 5.65. The normalized spacial score (nSPS) is 24.4. The van der Waals surface area contributed by atoms with E-state index in [4.69, 9.17) is 9.47 Å². The van der Waals surface area contributed by atoms with E-state index in [2.05, 4.69) is 33.0 Å². The molecule has 1 fully saturated rings. The largest absolute Gasteiger partial charge is 0.381 e. The second-order valence-corrected chi connectivity index (χ2v) is 5.33. The highest BCUT2D eigenvalue weighted by Crippen LogP contribution is 2.16. The van der Waals surface area contributed by atoms with Crippen molar-refractivity contribution >= 4 is 0 Å². The summed E-state index contributed by atoms with van der Waals surface area (Å²) < 4.78 is 11.0. The molecule has 1 saturated heterocycles. The van der Waals surface area contributed by atoms with Crippen molar-refractivity contribution in [3.05, 3.63) is 0 Å². The summed E-state index contributed by atoms with van der Waals surface area (Å²) >= 11 is 0. The highest BCUT2D eigenvalue weighted by molar-refractivity contribution is 4.75. The van der Waals surface area contributed by atoms with E-state index in [-0.39, 0.29) is 5.60 Å². The van der Waals surface area contributed by atoms with E-state index < -0.39 is 0 Å². The Labute approximate surface area is 93.5 Å². The fourth-order valence-corrected chi connectivity index (χ4v) is 1.76. The molecule has 0 spiro atoms. The fraction of sp³-hybridized carbons (Fsp3) is 1.00. The second-order valence-electron chi connectivity index (χ2n) is 5.33. The molecule has 3 heteroatoms. The zero-order chi connectivity index (χ0) is 11.3. The Hall–Kier alpha value is -0.120. The van der Waals surface area contributed by atoms with Gasteiger partial charge < -0.3 is 14.8 Å². The summed E-state index contributed by atoms with van der Waals surface area (Å²) in [5.74, 6) is 0.680. The summed E-state index contributed by atoms with van der Waals surface area (Å²) in [6, 6.07) is 0.538. The highest BCUT2D eigenvalue weighted by atomic mass is 16.5. The third-order valence-electron chi connectivity index (χ3n) is 2.78. The van der Waals surface area contributed by atoms with E-state index in [1.54, 1.807) is 0 Å². The molecule has 2 unspecified atom stereocenters. The smallest absolute Gasteiger partial charge is 0.0599 e. The predicted octanol–water partition coefficient (Wildman–Crippen LogP) is 1.82. The molecule has 0 radical (unpaired) electrons. The van der Waals surface area contributed by atoms with Crippen molar-refractivity contribution in [2.75, 3.05) is 26.4 Å². The van der Waals surface area contributed by atoms with Crippen molar-refractivity contribution in [2.24, 2.45) is 5.92 Å². The lowest BCUT2D eigenvalue weighted by Crippen LogP contribution is -2.37. The topological polar surface area (TPSA) is 30.5 Å². The Balaban J connectivity index is 2.04. The van der Waals surface area contributed by atoms with Crippen LogP contribution in [0, 0.1) is 5.92 Å². The van der Waals surface area contributed by atoms with Crippen LogP contribution < -0.4 is 5.32 Å². The average molecular weight is 215 g/mol. The van der Waals surface area contributed by atoms with Crippen LogP contribution in [0.15, 0.2) is 0 Å². The maximum atomic E-state index is 5.65. The molecule has 3 nitrogen and oxygen atoms in total. The van der Waals surface area contributed by atoms with E-state index in [9.17, 15) is 0 Å². The van der Waals surface area contributed by atoms with Crippen LogP contribution in [0.1, 0.15) is 34.1 Å². The Morgan fingerprint density at radius 2 is 2.20 bits per heavy atom. The predicted molar refractivity (Wildman–Crippen MR) is 62.1 cm³/mol. The Bertz CT molecular complexity index is 171. The van der Waals surface area contributed by atoms with Crippen LogP contribution in [0.3, 0.4) is 0 Å². The van der Waals surface area contributed by atoms with E-state index in [0.717, 1.165) is 26.4 Å². The summed E-state index contributed by atoms with van der Waals surface area (Å²) in [5.41, 5.74) is -0.0264. The minimum Gasteiger partial charge on any atom is -0.381 e. The molecule has 0 aromatic heterocycles. The van der Waals surface area contributed by atoms with E-state index in [1.165, 1.54) is 6.42 Å². The monoisotopic (exact) mass is 215 g/mol. The van der Waals surface area contributed by atoms with Crippen LogP contribution in [0.5, 0.6) is 0 Å². The van der Waals surface area contributed by atoms with Gasteiger partial charge in [0, 0.05) is 19.2 Å². The summed E-state index contributed by atoms with van der Waals surface area (Å²) in [7, 11) is 0. The summed E-state index contributed by atoms with van der Waals surface area (Å²) in [6.45, 7) is 12.0. The van der Waals surface area contributed by atoms with Crippen LogP contribution in [0.2, 0.25) is 0 Å². The number of nitrogens with one attached hydrogen (secondary N) is 1. The molecule has 1 heterocycles. The molecular formula is C12H25NO2. The molecule has 0 aromatic carbocycles. The van der Waals surface area contributed by atoms with Gasteiger partial charge >= 0.3 is 0 Å². The lowest BCUT2D eigenvalue weighted by atomic mass is 10.0. The van der Waals surface area contributed by atoms with E-state index in [1.807, 2.05) is 0 Å². The molecule has 0 bridgehead atoms. The molecule has 0 aliphatic carbocycles. The van der Waals surface area contributed by atoms with Gasteiger partial charge in [-0.1, -0.05) is 0 Å². The number of hydrogen-bond donors (Lipinski definition) is 1. The molecule has 15 heavy (non-hydrogen) atoms. The first-order chi connectivity index (χ1) is 6.99. The van der Waals surface area contributed by atoms with Crippen molar-refractivity contribution in [3.8, 4) is 0 Å². The standard InChI is InChI=1S/C12H25NO2/c1-10(11-5-7-14-9-11)13-6-8-15-12(2,3)4/h10-11,13H,5-9H2,1-4H3. The quantitative estimate of drug-likeness (QED) is 0.710. The van der Waals surface area contributed by atoms with Gasteiger partial charge in [-0.25, -0.2) is 0 Å². The summed E-state index contributed by atoms with van der Waals surface area (Å²) in [6.07, 6.45) is 1.19. The highest BCUT2D eigenvalue weighted by Gasteiger charge is 2.21. The molecule has 1 aliphatic rings. The Kier molecular flexibility index (Phi) is 5.03. The van der Waals surface area contributed by atoms with Gasteiger partial charge in [0.15, 0.2) is 0 Å². The van der Waals surface area contributed by atoms with Gasteiger partial charge in [0.25, 0.3) is 0 Å². The van der Waals surface area contributed by atoms with Gasteiger partial charge in [-0.2, -0.15) is 0 Å². The van der Waals surface area contributed by atoms with Crippen LogP contribution in [-0.2, 0) is 9.47 Å². The van der Waals surface area contributed by atoms with Gasteiger partial charge in [-0.05, 0) is 40.0 Å². The lowest BCUT2D eigenvalue weighted by molar-refractivity contribution is -0.00207. The number of ether oxygens (including phenoxy) is 2. The first-order valence-corrected chi connectivity index (χ1v) is 5.94. The fourth-order valence-electron chi connectivity index (χ4n) is 1.76. The van der Waals surface area contributed by atoms with Crippen molar-refractivity contribution in [3.63, 3.8) is 0 Å². The summed E-state index contributed by atoms with van der Waals surface area (Å²) in [4.78, 5) is 0. The minimum atomic E-state index is -0.0264. The van der Waals surface area contributed by atoms with Crippen molar-refractivity contribution in [1.82, 2.24) is 5.32 Å². The van der Waals surface area contributed by atoms with Crippen molar-refractivity contribution in [2.45, 2.75) is 45.8 Å². The first kappa shape index (κ1) is 12.9. The third kappa shape index (κ3) is 5.50. The number of rotatable bonds is 5. The molecule has 1 aliphatic heterocycles. The van der Waals surface area contributed by atoms with Gasteiger partial charge in [0.1, 0.15) is 0 Å². The molecule has 2 atom stereocenters. The van der Waals surface area contributed by atoms with E-state index in [0.29, 0.717) is 12.0 Å². The number of hydrogen-bond acceptors (Lipinski definition) is 3. The van der Waals surface area contributed by atoms with Gasteiger partial charge in [-0.3, -0.25) is 0 Å². The maximum Gasteiger partial charge on any atom is 0.0599 e. The molecule has 1 rings (SSSR count). The van der Waals surface area contributed by atoms with Gasteiger partial charge in [0.2, 0.25) is 0 Å². The van der Waals surface area contributed by atoms with Gasteiger partial charge in [0.05, 0.1) is 18.8 Å².